The van der Waals surface area contributed by atoms with Crippen LogP contribution in [0.1, 0.15) is 0 Å². The number of aromatic nitrogens is 2. The van der Waals surface area contributed by atoms with Crippen LogP contribution in [-0.4, -0.2) is 36.6 Å². The first kappa shape index (κ1) is 16.5. The Labute approximate surface area is 144 Å². The van der Waals surface area contributed by atoms with Crippen molar-refractivity contribution in [3.63, 3.8) is 0 Å². The zero-order chi connectivity index (χ0) is 17.8. The minimum atomic E-state index is -0.478. The van der Waals surface area contributed by atoms with Crippen LogP contribution < -0.4 is 20.5 Å². The first-order valence-corrected chi connectivity index (χ1v) is 7.63. The Kier molecular flexibility index (Phi) is 4.65. The lowest BCUT2D eigenvalue weighted by Crippen LogP contribution is -2.22. The van der Waals surface area contributed by atoms with Gasteiger partial charge in [-0.15, -0.1) is 0 Å². The van der Waals surface area contributed by atoms with Gasteiger partial charge in [-0.3, -0.25) is 4.79 Å². The van der Waals surface area contributed by atoms with E-state index in [9.17, 15) is 4.79 Å². The van der Waals surface area contributed by atoms with E-state index in [1.807, 2.05) is 30.3 Å². The minimum absolute atomic E-state index is 0.0330. The van der Waals surface area contributed by atoms with Gasteiger partial charge in [0.25, 0.3) is 0 Å². The average molecular weight is 338 g/mol. The van der Waals surface area contributed by atoms with Crippen molar-refractivity contribution in [2.24, 2.45) is 5.73 Å². The summed E-state index contributed by atoms with van der Waals surface area (Å²) in [5.74, 6) is 1.67. The van der Waals surface area contributed by atoms with Crippen molar-refractivity contribution < 1.29 is 14.3 Å². The van der Waals surface area contributed by atoms with Crippen molar-refractivity contribution in [1.82, 2.24) is 9.97 Å². The number of rotatable bonds is 6. The first-order chi connectivity index (χ1) is 12.1. The molecule has 25 heavy (non-hydrogen) atoms. The number of amides is 1. The monoisotopic (exact) mass is 338 g/mol. The van der Waals surface area contributed by atoms with Crippen molar-refractivity contribution >= 4 is 22.6 Å². The molecule has 7 heteroatoms. The summed E-state index contributed by atoms with van der Waals surface area (Å²) in [7, 11) is 3.12. The molecule has 3 aromatic rings. The number of hydrogen-bond acceptors (Lipinski definition) is 6. The number of benzene rings is 2. The van der Waals surface area contributed by atoms with Crippen molar-refractivity contribution in [3.8, 4) is 22.9 Å². The van der Waals surface area contributed by atoms with Gasteiger partial charge in [-0.25, -0.2) is 9.97 Å². The molecule has 0 atom stereocenters. The molecule has 0 aliphatic carbocycles. The highest BCUT2D eigenvalue weighted by molar-refractivity contribution is 5.94. The van der Waals surface area contributed by atoms with E-state index < -0.39 is 5.91 Å². The van der Waals surface area contributed by atoms with Crippen LogP contribution in [0.2, 0.25) is 0 Å². The second kappa shape index (κ2) is 7.04. The number of hydrogen-bond donors (Lipinski definition) is 2. The smallest absolute Gasteiger partial charge is 0.236 e. The van der Waals surface area contributed by atoms with E-state index in [-0.39, 0.29) is 6.54 Å². The Morgan fingerprint density at radius 1 is 1.08 bits per heavy atom. The highest BCUT2D eigenvalue weighted by Crippen LogP contribution is 2.35. The molecule has 3 rings (SSSR count). The topological polar surface area (TPSA) is 99.4 Å². The maximum absolute atomic E-state index is 11.2. The Morgan fingerprint density at radius 3 is 2.40 bits per heavy atom. The number of nitrogens with zero attached hydrogens (tertiary/aromatic N) is 2. The van der Waals surface area contributed by atoms with Gasteiger partial charge in [0.15, 0.2) is 17.3 Å². The van der Waals surface area contributed by atoms with Crippen LogP contribution in [0.3, 0.4) is 0 Å². The van der Waals surface area contributed by atoms with Gasteiger partial charge in [-0.1, -0.05) is 30.3 Å². The van der Waals surface area contributed by atoms with E-state index in [2.05, 4.69) is 15.3 Å². The lowest BCUT2D eigenvalue weighted by Gasteiger charge is -2.13. The summed E-state index contributed by atoms with van der Waals surface area (Å²) in [5.41, 5.74) is 6.77. The normalized spacial score (nSPS) is 10.5. The molecular weight excluding hydrogens is 320 g/mol. The molecule has 128 valence electrons. The van der Waals surface area contributed by atoms with Gasteiger partial charge >= 0.3 is 0 Å². The number of ether oxygens (including phenoxy) is 2. The number of methoxy groups -OCH3 is 2. The average Bonchev–Trinajstić information content (AvgIpc) is 2.65. The zero-order valence-electron chi connectivity index (χ0n) is 13.9. The van der Waals surface area contributed by atoms with Gasteiger partial charge in [-0.05, 0) is 6.07 Å². The van der Waals surface area contributed by atoms with Crippen LogP contribution in [0.4, 0.5) is 5.82 Å². The molecule has 0 aliphatic heterocycles. The van der Waals surface area contributed by atoms with Crippen LogP contribution in [0.5, 0.6) is 11.5 Å². The third-order valence-electron chi connectivity index (χ3n) is 3.66. The van der Waals surface area contributed by atoms with E-state index in [1.165, 1.54) is 0 Å². The predicted molar refractivity (Wildman–Crippen MR) is 95.8 cm³/mol. The molecule has 0 unspecified atom stereocenters. The van der Waals surface area contributed by atoms with Crippen molar-refractivity contribution in [1.29, 1.82) is 0 Å². The summed E-state index contributed by atoms with van der Waals surface area (Å²) < 4.78 is 10.7. The summed E-state index contributed by atoms with van der Waals surface area (Å²) >= 11 is 0. The number of nitrogens with two attached hydrogens (primary N) is 1. The third-order valence-corrected chi connectivity index (χ3v) is 3.66. The Morgan fingerprint density at radius 2 is 1.76 bits per heavy atom. The van der Waals surface area contributed by atoms with Gasteiger partial charge in [0, 0.05) is 17.0 Å². The lowest BCUT2D eigenvalue weighted by molar-refractivity contribution is -0.116. The SMILES string of the molecule is COc1cc2nc(-c3ccccc3)nc(NCC(N)=O)c2cc1OC. The van der Waals surface area contributed by atoms with Crippen LogP contribution >= 0.6 is 0 Å². The van der Waals surface area contributed by atoms with Crippen LogP contribution in [0.25, 0.3) is 22.3 Å². The van der Waals surface area contributed by atoms with Crippen LogP contribution in [0.15, 0.2) is 42.5 Å². The fourth-order valence-corrected chi connectivity index (χ4v) is 2.48. The molecule has 0 saturated heterocycles. The standard InChI is InChI=1S/C18H18N4O3/c1-24-14-8-12-13(9-15(14)25-2)21-17(11-6-4-3-5-7-11)22-18(12)20-10-16(19)23/h3-9H,10H2,1-2H3,(H2,19,23)(H,20,21,22). The van der Waals surface area contributed by atoms with Crippen LogP contribution in [0, 0.1) is 0 Å². The number of fused-ring (bicyclic) bond motifs is 1. The maximum atomic E-state index is 11.2. The summed E-state index contributed by atoms with van der Waals surface area (Å²) in [6.45, 7) is -0.0330. The molecule has 0 bridgehead atoms. The third kappa shape index (κ3) is 3.45. The molecule has 0 aliphatic rings. The van der Waals surface area contributed by atoms with Gasteiger partial charge in [0.1, 0.15) is 5.82 Å². The van der Waals surface area contributed by atoms with E-state index in [0.717, 1.165) is 5.56 Å². The van der Waals surface area contributed by atoms with Gasteiger partial charge in [0.2, 0.25) is 5.91 Å². The molecule has 3 N–H and O–H groups in total. The predicted octanol–water partition coefficient (Wildman–Crippen LogP) is 2.21. The Balaban J connectivity index is 2.21. The van der Waals surface area contributed by atoms with Crippen molar-refractivity contribution in [3.05, 3.63) is 42.5 Å². The summed E-state index contributed by atoms with van der Waals surface area (Å²) in [4.78, 5) is 20.3. The Hall–Kier alpha value is -3.35. The quantitative estimate of drug-likeness (QED) is 0.715. The summed E-state index contributed by atoms with van der Waals surface area (Å²) in [6, 6.07) is 13.1. The van der Waals surface area contributed by atoms with Gasteiger partial charge in [-0.2, -0.15) is 0 Å². The number of anilines is 1. The van der Waals surface area contributed by atoms with Crippen molar-refractivity contribution in [2.45, 2.75) is 0 Å². The Bertz CT molecular complexity index is 913. The fraction of sp³-hybridized carbons (Fsp3) is 0.167. The number of carbonyl (C=O) groups excluding carboxylic acids is 1. The second-order valence-electron chi connectivity index (χ2n) is 5.31. The van der Waals surface area contributed by atoms with Gasteiger partial charge in [0.05, 0.1) is 26.3 Å². The second-order valence-corrected chi connectivity index (χ2v) is 5.31. The molecule has 0 fully saturated rings. The fourth-order valence-electron chi connectivity index (χ4n) is 2.48. The van der Waals surface area contributed by atoms with E-state index in [0.29, 0.717) is 34.0 Å². The molecule has 1 aromatic heterocycles. The zero-order valence-corrected chi connectivity index (χ0v) is 13.9. The molecule has 2 aromatic carbocycles. The summed E-state index contributed by atoms with van der Waals surface area (Å²) in [5, 5.41) is 3.67. The maximum Gasteiger partial charge on any atom is 0.236 e. The largest absolute Gasteiger partial charge is 0.493 e. The first-order valence-electron chi connectivity index (χ1n) is 7.63. The molecular formula is C18H18N4O3. The van der Waals surface area contributed by atoms with Crippen LogP contribution in [-0.2, 0) is 4.79 Å². The molecule has 1 amide bonds. The number of nitrogens with one attached hydrogen (secondary N) is 1. The highest BCUT2D eigenvalue weighted by Gasteiger charge is 2.14. The summed E-state index contributed by atoms with van der Waals surface area (Å²) in [6.07, 6.45) is 0. The van der Waals surface area contributed by atoms with Gasteiger partial charge < -0.3 is 20.5 Å². The van der Waals surface area contributed by atoms with Crippen molar-refractivity contribution in [2.75, 3.05) is 26.1 Å². The van der Waals surface area contributed by atoms with E-state index in [1.54, 1.807) is 26.4 Å². The lowest BCUT2D eigenvalue weighted by atomic mass is 10.1. The minimum Gasteiger partial charge on any atom is -0.493 e. The number of primary amides is 1. The molecule has 0 spiro atoms. The molecule has 0 saturated carbocycles. The highest BCUT2D eigenvalue weighted by atomic mass is 16.5. The number of carbonyl (C=O) groups is 1. The molecule has 0 radical (unpaired) electrons. The molecule has 1 heterocycles. The molecule has 7 nitrogen and oxygen atoms in total. The van der Waals surface area contributed by atoms with E-state index >= 15 is 0 Å². The van der Waals surface area contributed by atoms with E-state index in [4.69, 9.17) is 15.2 Å².